The van der Waals surface area contributed by atoms with Crippen LogP contribution in [0.25, 0.3) is 236 Å². The van der Waals surface area contributed by atoms with Crippen LogP contribution in [0.5, 0.6) is 0 Å². The van der Waals surface area contributed by atoms with Crippen LogP contribution in [0.3, 0.4) is 0 Å². The van der Waals surface area contributed by atoms with Crippen molar-refractivity contribution in [2.75, 3.05) is 0 Å². The number of hydrogen-bond acceptors (Lipinski definition) is 6. The molecule has 0 bridgehead atoms. The number of furan rings is 6. The first-order valence-corrected chi connectivity index (χ1v) is 37.5. The highest BCUT2D eigenvalue weighted by Gasteiger charge is 2.25. The molecule has 518 valence electrons. The van der Waals surface area contributed by atoms with Gasteiger partial charge in [0.2, 0.25) is 0 Å². The van der Waals surface area contributed by atoms with Gasteiger partial charge < -0.3 is 40.2 Å². The number of fused-ring (bicyclic) bond motifs is 30. The molecular weight excluding hydrogens is 1360 g/mol. The van der Waals surface area contributed by atoms with Crippen molar-refractivity contribution in [3.8, 4) is 39.3 Å². The molecule has 26 rings (SSSR count). The van der Waals surface area contributed by atoms with E-state index in [0.717, 1.165) is 204 Å². The zero-order valence-electron chi connectivity index (χ0n) is 59.4. The molecule has 0 saturated carbocycles. The van der Waals surface area contributed by atoms with Crippen LogP contribution in [0.2, 0.25) is 0 Å². The summed E-state index contributed by atoms with van der Waals surface area (Å²) in [5.41, 5.74) is 25.7. The molecule has 0 saturated heterocycles. The van der Waals surface area contributed by atoms with Gasteiger partial charge in [0.05, 0.1) is 54.9 Å². The number of benzene rings is 17. The van der Waals surface area contributed by atoms with E-state index in [1.807, 2.05) is 72.8 Å². The second-order valence-corrected chi connectivity index (χ2v) is 28.8. The zero-order chi connectivity index (χ0) is 72.5. The highest BCUT2D eigenvalue weighted by molar-refractivity contribution is 6.27. The lowest BCUT2D eigenvalue weighted by Crippen LogP contribution is -1.94. The van der Waals surface area contributed by atoms with Crippen LogP contribution < -0.4 is 0 Å². The Hall–Kier alpha value is -15.1. The minimum atomic E-state index is 0.894. The minimum Gasteiger partial charge on any atom is -0.456 e. The quantitative estimate of drug-likeness (QED) is 0.170. The number of aromatic nitrogens is 3. The zero-order valence-corrected chi connectivity index (χ0v) is 59.4. The topological polar surface area (TPSA) is 93.6 Å². The first kappa shape index (κ1) is 61.1. The van der Waals surface area contributed by atoms with Crippen molar-refractivity contribution in [1.29, 1.82) is 0 Å². The van der Waals surface area contributed by atoms with Crippen molar-refractivity contribution in [2.24, 2.45) is 0 Å². The second kappa shape index (κ2) is 23.7. The summed E-state index contributed by atoms with van der Waals surface area (Å²) >= 11 is 0. The van der Waals surface area contributed by atoms with Crippen molar-refractivity contribution < 1.29 is 26.5 Å². The highest BCUT2D eigenvalue weighted by atomic mass is 16.3. The van der Waals surface area contributed by atoms with Gasteiger partial charge in [0.15, 0.2) is 5.58 Å². The molecule has 0 aliphatic carbocycles. The minimum absolute atomic E-state index is 0.894. The molecule has 9 nitrogen and oxygen atoms in total. The SMILES string of the molecule is c1ccc2c(c1)oc1c(-c3ccc(-n4c5ccccc5c5c6oc7ccccc7c6ccc54)cc3)cccc12.c1ccc2c(c1)oc1c(-n3c4ccccc4c4c5oc6ccccc6c5ccc43)cccc12.c1ccc2c(c1)oc1ccc(-c3ccc(-n4c5ccccc5c5c6oc7ccccc7c6ccc54)cc3)cc12. The van der Waals surface area contributed by atoms with Gasteiger partial charge >= 0.3 is 0 Å². The van der Waals surface area contributed by atoms with Gasteiger partial charge in [0.25, 0.3) is 0 Å². The average molecular weight is 1420 g/mol. The van der Waals surface area contributed by atoms with Gasteiger partial charge in [-0.15, -0.1) is 0 Å². The Labute approximate surface area is 630 Å². The molecule has 9 heterocycles. The first-order chi connectivity index (χ1) is 55.1. The molecule has 0 N–H and O–H groups in total. The summed E-state index contributed by atoms with van der Waals surface area (Å²) in [6, 6.07) is 125. The molecule has 0 unspecified atom stereocenters. The smallest absolute Gasteiger partial charge is 0.159 e. The van der Waals surface area contributed by atoms with Crippen molar-refractivity contribution in [1.82, 2.24) is 13.7 Å². The van der Waals surface area contributed by atoms with Gasteiger partial charge in [-0.1, -0.05) is 224 Å². The Bertz CT molecular complexity index is 8340. The van der Waals surface area contributed by atoms with E-state index in [4.69, 9.17) is 26.5 Å². The van der Waals surface area contributed by atoms with Crippen LogP contribution in [0, 0.1) is 0 Å². The largest absolute Gasteiger partial charge is 0.456 e. The van der Waals surface area contributed by atoms with Crippen molar-refractivity contribution >= 4 is 197 Å². The lowest BCUT2D eigenvalue weighted by Gasteiger charge is -2.09. The summed E-state index contributed by atoms with van der Waals surface area (Å²) in [6.07, 6.45) is 0. The summed E-state index contributed by atoms with van der Waals surface area (Å²) in [5, 5.41) is 20.7. The van der Waals surface area contributed by atoms with Crippen LogP contribution in [-0.4, -0.2) is 13.7 Å². The fraction of sp³-hybridized carbons (Fsp3) is 0. The molecule has 0 aliphatic rings. The van der Waals surface area contributed by atoms with E-state index in [-0.39, 0.29) is 0 Å². The molecular formula is C102H59N3O6. The summed E-state index contributed by atoms with van der Waals surface area (Å²) < 4.78 is 45.0. The van der Waals surface area contributed by atoms with E-state index in [9.17, 15) is 0 Å². The van der Waals surface area contributed by atoms with E-state index >= 15 is 0 Å². The molecule has 0 radical (unpaired) electrons. The summed E-state index contributed by atoms with van der Waals surface area (Å²) in [4.78, 5) is 0. The number of para-hydroxylation sites is 11. The molecule has 111 heavy (non-hydrogen) atoms. The number of rotatable bonds is 5. The first-order valence-electron chi connectivity index (χ1n) is 37.5. The fourth-order valence-electron chi connectivity index (χ4n) is 17.9. The van der Waals surface area contributed by atoms with Gasteiger partial charge in [-0.3, -0.25) is 0 Å². The summed E-state index contributed by atoms with van der Waals surface area (Å²) in [5.74, 6) is 0. The third kappa shape index (κ3) is 9.12. The maximum Gasteiger partial charge on any atom is 0.159 e. The van der Waals surface area contributed by atoms with E-state index in [1.165, 1.54) is 32.8 Å². The second-order valence-electron chi connectivity index (χ2n) is 28.8. The number of nitrogens with zero attached hydrogens (tertiary/aromatic N) is 3. The average Bonchev–Trinajstić information content (AvgIpc) is 1.57. The molecule has 0 aliphatic heterocycles. The van der Waals surface area contributed by atoms with Gasteiger partial charge in [-0.25, -0.2) is 0 Å². The lowest BCUT2D eigenvalue weighted by atomic mass is 10.0. The molecule has 0 amide bonds. The standard InChI is InChI=1S/2C36H21NO2.C30H17NO2/c1-4-10-30-28(9-1)35-31(19-18-27-25-7-2-6-12-33(25)39-36(27)35)37(30)24-16-13-22(14-17-24)23-15-20-34-29(21-23)26-8-3-5-11-32(26)38-34;1-4-13-30-29(10-1)34-31(21-20-28-26-9-3-6-15-33(26)39-36(28)34)37(30)23-18-16-22(17-19-23)24-11-7-12-27-25-8-2-5-14-32(25)38-35(24)27;1-4-12-23-22(10-1)28-24(17-16-21-19-9-3-6-15-27(19)33-30(21)28)31(23)25-13-7-11-20-18-8-2-5-14-26(18)32-29(20)25/h2*1-21H;1-17H. The monoisotopic (exact) mass is 1420 g/mol. The normalized spacial score (nSPS) is 12.1. The van der Waals surface area contributed by atoms with Crippen molar-refractivity contribution in [3.05, 3.63) is 358 Å². The van der Waals surface area contributed by atoms with Gasteiger partial charge in [-0.05, 0) is 150 Å². The molecule has 0 atom stereocenters. The number of hydrogen-bond donors (Lipinski definition) is 0. The van der Waals surface area contributed by atoms with Crippen molar-refractivity contribution in [2.45, 2.75) is 0 Å². The Kier molecular flexibility index (Phi) is 13.1. The Morgan fingerprint density at radius 3 is 0.919 bits per heavy atom. The third-order valence-corrected chi connectivity index (χ3v) is 22.8. The molecule has 17 aromatic carbocycles. The van der Waals surface area contributed by atoms with Gasteiger partial charge in [-0.2, -0.15) is 0 Å². The molecule has 26 aromatic rings. The third-order valence-electron chi connectivity index (χ3n) is 22.8. The Balaban J connectivity index is 0.0000000975. The van der Waals surface area contributed by atoms with Gasteiger partial charge in [0, 0.05) is 97.7 Å². The molecule has 0 fully saturated rings. The predicted octanol–water partition coefficient (Wildman–Crippen LogP) is 29.1. The van der Waals surface area contributed by atoms with Crippen LogP contribution in [0.1, 0.15) is 0 Å². The highest BCUT2D eigenvalue weighted by Crippen LogP contribution is 2.47. The van der Waals surface area contributed by atoms with E-state index < -0.39 is 0 Å². The van der Waals surface area contributed by atoms with Crippen molar-refractivity contribution in [3.63, 3.8) is 0 Å². The summed E-state index contributed by atoms with van der Waals surface area (Å²) in [7, 11) is 0. The Morgan fingerprint density at radius 2 is 0.468 bits per heavy atom. The predicted molar refractivity (Wildman–Crippen MR) is 457 cm³/mol. The van der Waals surface area contributed by atoms with Crippen LogP contribution >= 0.6 is 0 Å². The molecule has 9 heteroatoms. The van der Waals surface area contributed by atoms with E-state index in [1.54, 1.807) is 0 Å². The summed E-state index contributed by atoms with van der Waals surface area (Å²) in [6.45, 7) is 0. The fourth-order valence-corrected chi connectivity index (χ4v) is 17.9. The van der Waals surface area contributed by atoms with Gasteiger partial charge in [0.1, 0.15) is 61.4 Å². The molecule has 0 spiro atoms. The lowest BCUT2D eigenvalue weighted by molar-refractivity contribution is 0.666. The van der Waals surface area contributed by atoms with Crippen LogP contribution in [0.15, 0.2) is 384 Å². The Morgan fingerprint density at radius 1 is 0.162 bits per heavy atom. The van der Waals surface area contributed by atoms with E-state index in [2.05, 4.69) is 299 Å². The molecule has 9 aromatic heterocycles. The van der Waals surface area contributed by atoms with Crippen LogP contribution in [0.4, 0.5) is 0 Å². The maximum atomic E-state index is 6.44. The van der Waals surface area contributed by atoms with E-state index in [0.29, 0.717) is 0 Å². The van der Waals surface area contributed by atoms with Crippen LogP contribution in [-0.2, 0) is 0 Å². The maximum absolute atomic E-state index is 6.44.